The van der Waals surface area contributed by atoms with Gasteiger partial charge in [-0.1, -0.05) is 0 Å². The lowest BCUT2D eigenvalue weighted by atomic mass is 10.3. The molecule has 2 aliphatic rings. The van der Waals surface area contributed by atoms with Crippen LogP contribution in [0, 0.1) is 11.8 Å². The molecule has 0 radical (unpaired) electrons. The molecule has 1 saturated heterocycles. The van der Waals surface area contributed by atoms with Gasteiger partial charge in [0.15, 0.2) is 0 Å². The molecule has 1 aliphatic carbocycles. The van der Waals surface area contributed by atoms with E-state index in [1.54, 1.807) is 0 Å². The summed E-state index contributed by atoms with van der Waals surface area (Å²) in [4.78, 5) is 6.59. The van der Waals surface area contributed by atoms with Crippen LogP contribution in [0.25, 0.3) is 0 Å². The van der Waals surface area contributed by atoms with E-state index < -0.39 is 0 Å². The minimum atomic E-state index is 0.0333. The molecule has 3 heteroatoms. The van der Waals surface area contributed by atoms with E-state index in [4.69, 9.17) is 5.11 Å². The summed E-state index contributed by atoms with van der Waals surface area (Å²) in [5, 5.41) is 8.87. The Kier molecular flexibility index (Phi) is 1.74. The third-order valence-electron chi connectivity index (χ3n) is 3.32. The number of anilines is 1. The first kappa shape index (κ1) is 8.24. The van der Waals surface area contributed by atoms with Crippen molar-refractivity contribution in [2.24, 2.45) is 11.8 Å². The van der Waals surface area contributed by atoms with Crippen LogP contribution in [0.1, 0.15) is 12.1 Å². The molecule has 0 spiro atoms. The van der Waals surface area contributed by atoms with Crippen LogP contribution >= 0.6 is 0 Å². The SMILES string of the molecule is OCc1ccc(N2CC3CC3C2)cn1. The highest BCUT2D eigenvalue weighted by molar-refractivity contribution is 5.47. The van der Waals surface area contributed by atoms with Crippen LogP contribution in [-0.2, 0) is 6.61 Å². The molecular formula is C11H14N2O. The van der Waals surface area contributed by atoms with E-state index in [9.17, 15) is 0 Å². The van der Waals surface area contributed by atoms with Gasteiger partial charge in [0.05, 0.1) is 24.2 Å². The number of pyridine rings is 1. The summed E-state index contributed by atoms with van der Waals surface area (Å²) < 4.78 is 0. The fourth-order valence-electron chi connectivity index (χ4n) is 2.31. The van der Waals surface area contributed by atoms with Crippen molar-refractivity contribution in [2.75, 3.05) is 18.0 Å². The van der Waals surface area contributed by atoms with Crippen molar-refractivity contribution in [3.05, 3.63) is 24.0 Å². The molecule has 2 unspecified atom stereocenters. The highest BCUT2D eigenvalue weighted by Crippen LogP contribution is 2.46. The molecule has 1 saturated carbocycles. The monoisotopic (exact) mass is 190 g/mol. The molecule has 0 bridgehead atoms. The number of nitrogens with zero attached hydrogens (tertiary/aromatic N) is 2. The molecule has 1 aromatic rings. The lowest BCUT2D eigenvalue weighted by Gasteiger charge is -2.19. The second-order valence-corrected chi connectivity index (χ2v) is 4.33. The summed E-state index contributed by atoms with van der Waals surface area (Å²) in [6, 6.07) is 3.96. The smallest absolute Gasteiger partial charge is 0.0852 e. The molecule has 1 aromatic heterocycles. The molecule has 14 heavy (non-hydrogen) atoms. The van der Waals surface area contributed by atoms with Crippen LogP contribution in [0.5, 0.6) is 0 Å². The summed E-state index contributed by atoms with van der Waals surface area (Å²) in [5.41, 5.74) is 1.95. The summed E-state index contributed by atoms with van der Waals surface area (Å²) in [6.07, 6.45) is 3.30. The Morgan fingerprint density at radius 1 is 1.36 bits per heavy atom. The first-order valence-corrected chi connectivity index (χ1v) is 5.17. The maximum atomic E-state index is 8.87. The van der Waals surface area contributed by atoms with Crippen LogP contribution in [-0.4, -0.2) is 23.2 Å². The molecule has 0 amide bonds. The topological polar surface area (TPSA) is 36.4 Å². The van der Waals surface area contributed by atoms with Gasteiger partial charge in [-0.3, -0.25) is 4.98 Å². The maximum absolute atomic E-state index is 8.87. The highest BCUT2D eigenvalue weighted by atomic mass is 16.3. The van der Waals surface area contributed by atoms with Gasteiger partial charge in [0.25, 0.3) is 0 Å². The van der Waals surface area contributed by atoms with E-state index in [0.29, 0.717) is 0 Å². The van der Waals surface area contributed by atoms with E-state index in [0.717, 1.165) is 17.5 Å². The summed E-state index contributed by atoms with van der Waals surface area (Å²) in [7, 11) is 0. The quantitative estimate of drug-likeness (QED) is 0.756. The highest BCUT2D eigenvalue weighted by Gasteiger charge is 2.45. The molecular weight excluding hydrogens is 176 g/mol. The van der Waals surface area contributed by atoms with Crippen LogP contribution in [0.4, 0.5) is 5.69 Å². The van der Waals surface area contributed by atoms with Crippen molar-refractivity contribution in [2.45, 2.75) is 13.0 Å². The largest absolute Gasteiger partial charge is 0.390 e. The number of hydrogen-bond acceptors (Lipinski definition) is 3. The van der Waals surface area contributed by atoms with E-state index >= 15 is 0 Å². The van der Waals surface area contributed by atoms with Gasteiger partial charge < -0.3 is 10.0 Å². The standard InChI is InChI=1S/C11H14N2O/c14-7-10-1-2-11(4-12-10)13-5-8-3-9(8)6-13/h1-2,4,8-9,14H,3,5-7H2. The third kappa shape index (κ3) is 1.28. The number of aliphatic hydroxyl groups excluding tert-OH is 1. The Hall–Kier alpha value is -1.09. The Morgan fingerprint density at radius 2 is 2.14 bits per heavy atom. The van der Waals surface area contributed by atoms with Crippen molar-refractivity contribution in [1.82, 2.24) is 4.98 Å². The van der Waals surface area contributed by atoms with Crippen molar-refractivity contribution >= 4 is 5.69 Å². The minimum Gasteiger partial charge on any atom is -0.390 e. The Balaban J connectivity index is 1.76. The zero-order chi connectivity index (χ0) is 9.54. The molecule has 0 aromatic carbocycles. The van der Waals surface area contributed by atoms with Crippen molar-refractivity contribution < 1.29 is 5.11 Å². The number of aliphatic hydroxyl groups is 1. The zero-order valence-electron chi connectivity index (χ0n) is 8.06. The maximum Gasteiger partial charge on any atom is 0.0852 e. The lowest BCUT2D eigenvalue weighted by molar-refractivity contribution is 0.277. The minimum absolute atomic E-state index is 0.0333. The van der Waals surface area contributed by atoms with Gasteiger partial charge in [-0.05, 0) is 30.4 Å². The molecule has 2 fully saturated rings. The molecule has 74 valence electrons. The average molecular weight is 190 g/mol. The average Bonchev–Trinajstić information content (AvgIpc) is 2.86. The summed E-state index contributed by atoms with van der Waals surface area (Å²) in [6.45, 7) is 2.43. The van der Waals surface area contributed by atoms with Crippen LogP contribution < -0.4 is 4.90 Å². The summed E-state index contributed by atoms with van der Waals surface area (Å²) in [5.74, 6) is 1.90. The molecule has 1 N–H and O–H groups in total. The Morgan fingerprint density at radius 3 is 2.71 bits per heavy atom. The fourth-order valence-corrected chi connectivity index (χ4v) is 2.31. The molecule has 3 rings (SSSR count). The van der Waals surface area contributed by atoms with Gasteiger partial charge in [-0.15, -0.1) is 0 Å². The predicted molar refractivity (Wildman–Crippen MR) is 54.0 cm³/mol. The van der Waals surface area contributed by atoms with Gasteiger partial charge in [0.1, 0.15) is 0 Å². The number of piperidine rings is 1. The second-order valence-electron chi connectivity index (χ2n) is 4.33. The third-order valence-corrected chi connectivity index (χ3v) is 3.32. The van der Waals surface area contributed by atoms with Crippen LogP contribution in [0.15, 0.2) is 18.3 Å². The first-order chi connectivity index (χ1) is 6.86. The predicted octanol–water partition coefficient (Wildman–Crippen LogP) is 1.03. The normalized spacial score (nSPS) is 29.1. The lowest BCUT2D eigenvalue weighted by Crippen LogP contribution is -2.21. The Labute approximate surface area is 83.4 Å². The Bertz CT molecular complexity index is 326. The zero-order valence-corrected chi connectivity index (χ0v) is 8.06. The van der Waals surface area contributed by atoms with Gasteiger partial charge in [-0.2, -0.15) is 0 Å². The van der Waals surface area contributed by atoms with Gasteiger partial charge in [-0.25, -0.2) is 0 Å². The molecule has 2 heterocycles. The van der Waals surface area contributed by atoms with Crippen LogP contribution in [0.3, 0.4) is 0 Å². The second kappa shape index (κ2) is 2.95. The van der Waals surface area contributed by atoms with E-state index in [-0.39, 0.29) is 6.61 Å². The molecule has 2 atom stereocenters. The van der Waals surface area contributed by atoms with Crippen molar-refractivity contribution in [3.63, 3.8) is 0 Å². The van der Waals surface area contributed by atoms with Crippen molar-refractivity contribution in [3.8, 4) is 0 Å². The van der Waals surface area contributed by atoms with E-state index in [2.05, 4.69) is 16.0 Å². The van der Waals surface area contributed by atoms with Gasteiger partial charge >= 0.3 is 0 Å². The fraction of sp³-hybridized carbons (Fsp3) is 0.545. The number of hydrogen-bond donors (Lipinski definition) is 1. The van der Waals surface area contributed by atoms with E-state index in [1.807, 2.05) is 12.3 Å². The number of rotatable bonds is 2. The van der Waals surface area contributed by atoms with Gasteiger partial charge in [0, 0.05) is 13.1 Å². The van der Waals surface area contributed by atoms with Crippen molar-refractivity contribution in [1.29, 1.82) is 0 Å². The first-order valence-electron chi connectivity index (χ1n) is 5.17. The van der Waals surface area contributed by atoms with Gasteiger partial charge in [0.2, 0.25) is 0 Å². The number of aromatic nitrogens is 1. The van der Waals surface area contributed by atoms with E-state index in [1.165, 1.54) is 25.2 Å². The number of fused-ring (bicyclic) bond motifs is 1. The molecule has 3 nitrogen and oxygen atoms in total. The molecule has 1 aliphatic heterocycles. The summed E-state index contributed by atoms with van der Waals surface area (Å²) >= 11 is 0. The van der Waals surface area contributed by atoms with Crippen LogP contribution in [0.2, 0.25) is 0 Å².